The van der Waals surface area contributed by atoms with E-state index >= 15 is 0 Å². The summed E-state index contributed by atoms with van der Waals surface area (Å²) in [6.07, 6.45) is 2.85. The van der Waals surface area contributed by atoms with E-state index < -0.39 is 26.1 Å². The monoisotopic (exact) mass is 631 g/mol. The first kappa shape index (κ1) is 40.0. The molecule has 3 amide bonds. The van der Waals surface area contributed by atoms with Gasteiger partial charge in [0, 0.05) is 34.4 Å². The van der Waals surface area contributed by atoms with E-state index in [1.807, 2.05) is 0 Å². The minimum atomic E-state index is -3.96. The molecule has 0 saturated heterocycles. The van der Waals surface area contributed by atoms with Crippen molar-refractivity contribution in [2.75, 3.05) is 93.9 Å². The summed E-state index contributed by atoms with van der Waals surface area (Å²) in [7, 11) is 0.261. The van der Waals surface area contributed by atoms with Crippen LogP contribution in [0, 0.1) is 0 Å². The molecule has 248 valence electrons. The third-order valence-electron chi connectivity index (χ3n) is 5.44. The number of hydrogen-bond donors (Lipinski definition) is 4. The highest BCUT2D eigenvalue weighted by molar-refractivity contribution is 7.47. The average molecular weight is 632 g/mol. The van der Waals surface area contributed by atoms with Gasteiger partial charge in [0.05, 0.1) is 46.2 Å². The smallest absolute Gasteiger partial charge is 0.447 e. The van der Waals surface area contributed by atoms with Crippen molar-refractivity contribution in [2.45, 2.75) is 51.0 Å². The van der Waals surface area contributed by atoms with Gasteiger partial charge in [-0.1, -0.05) is 12.8 Å². The van der Waals surface area contributed by atoms with Crippen LogP contribution in [-0.2, 0) is 46.8 Å². The number of alkyl carbamates (subject to hydrolysis) is 2. The maximum absolute atomic E-state index is 12.8. The van der Waals surface area contributed by atoms with Crippen LogP contribution >= 0.6 is 7.82 Å². The molecule has 4 N–H and O–H groups in total. The predicted octanol–water partition coefficient (Wildman–Crippen LogP) is 1.74. The Labute approximate surface area is 248 Å². The normalized spacial score (nSPS) is 13.1. The molecule has 0 aromatic carbocycles. The molecular formula is C25H50N3O13P. The molecule has 42 heavy (non-hydrogen) atoms. The Kier molecular flexibility index (Phi) is 26.4. The zero-order chi connectivity index (χ0) is 31.3. The van der Waals surface area contributed by atoms with Crippen LogP contribution in [0.3, 0.4) is 0 Å². The molecule has 0 saturated carbocycles. The fourth-order valence-corrected chi connectivity index (χ4v) is 3.66. The number of unbranched alkanes of at least 4 members (excludes halogenated alkanes) is 4. The second-order valence-corrected chi connectivity index (χ2v) is 10.4. The van der Waals surface area contributed by atoms with E-state index in [0.717, 1.165) is 20.0 Å². The zero-order valence-electron chi connectivity index (χ0n) is 25.1. The van der Waals surface area contributed by atoms with Gasteiger partial charge in [-0.2, -0.15) is 0 Å². The van der Waals surface area contributed by atoms with Gasteiger partial charge in [-0.3, -0.25) is 13.8 Å². The molecule has 0 aliphatic carbocycles. The summed E-state index contributed by atoms with van der Waals surface area (Å²) in [4.78, 5) is 45.9. The van der Waals surface area contributed by atoms with Crippen LogP contribution in [0.5, 0.6) is 0 Å². The summed E-state index contributed by atoms with van der Waals surface area (Å²) in [5.74, 6) is -0.353. The van der Waals surface area contributed by atoms with Crippen molar-refractivity contribution in [1.29, 1.82) is 0 Å². The molecule has 0 aliphatic heterocycles. The van der Waals surface area contributed by atoms with Crippen LogP contribution in [0.1, 0.15) is 44.9 Å². The maximum Gasteiger partial charge on any atom is 0.471 e. The van der Waals surface area contributed by atoms with Crippen LogP contribution in [0.2, 0.25) is 0 Å². The Balaban J connectivity index is 4.38. The molecule has 0 aromatic rings. The van der Waals surface area contributed by atoms with Crippen molar-refractivity contribution in [3.8, 4) is 0 Å². The summed E-state index contributed by atoms with van der Waals surface area (Å²) < 4.78 is 50.6. The van der Waals surface area contributed by atoms with Gasteiger partial charge in [0.15, 0.2) is 0 Å². The Bertz CT molecular complexity index is 748. The van der Waals surface area contributed by atoms with E-state index in [0.29, 0.717) is 71.6 Å². The lowest BCUT2D eigenvalue weighted by Crippen LogP contribution is -2.47. The molecular weight excluding hydrogens is 581 g/mol. The van der Waals surface area contributed by atoms with Gasteiger partial charge in [0.1, 0.15) is 19.3 Å². The van der Waals surface area contributed by atoms with Crippen molar-refractivity contribution >= 4 is 25.9 Å². The SMILES string of the molecule is COCCOCCOC(=O)NCCCCC(NC(=O)OCCOCCOC)C(=O)NCCCCCCOP(=O)(O)OC. The number of hydrogen-bond acceptors (Lipinski definition) is 12. The molecule has 0 spiro atoms. The zero-order valence-corrected chi connectivity index (χ0v) is 26.0. The number of ether oxygens (including phenoxy) is 6. The Morgan fingerprint density at radius 2 is 1.21 bits per heavy atom. The molecule has 16 nitrogen and oxygen atoms in total. The third kappa shape index (κ3) is 25.7. The first-order valence-corrected chi connectivity index (χ1v) is 15.5. The molecule has 0 aromatic heterocycles. The second kappa shape index (κ2) is 27.8. The van der Waals surface area contributed by atoms with Crippen molar-refractivity contribution in [1.82, 2.24) is 16.0 Å². The number of carbonyl (C=O) groups excluding carboxylic acids is 3. The predicted molar refractivity (Wildman–Crippen MR) is 151 cm³/mol. The van der Waals surface area contributed by atoms with Gasteiger partial charge in [-0.05, 0) is 32.1 Å². The van der Waals surface area contributed by atoms with Crippen LogP contribution in [-0.4, -0.2) is 123 Å². The van der Waals surface area contributed by atoms with Crippen LogP contribution in [0.4, 0.5) is 9.59 Å². The lowest BCUT2D eigenvalue weighted by atomic mass is 10.1. The van der Waals surface area contributed by atoms with Gasteiger partial charge < -0.3 is 49.3 Å². The Hall–Kier alpha value is -2.04. The second-order valence-electron chi connectivity index (χ2n) is 8.79. The minimum Gasteiger partial charge on any atom is -0.447 e. The molecule has 0 bridgehead atoms. The minimum absolute atomic E-state index is 0.0210. The number of amides is 3. The summed E-state index contributed by atoms with van der Waals surface area (Å²) in [6.45, 7) is 3.10. The van der Waals surface area contributed by atoms with Gasteiger partial charge in [-0.25, -0.2) is 14.2 Å². The highest BCUT2D eigenvalue weighted by Gasteiger charge is 2.21. The summed E-state index contributed by atoms with van der Waals surface area (Å²) >= 11 is 0. The fraction of sp³-hybridized carbons (Fsp3) is 0.880. The van der Waals surface area contributed by atoms with Crippen LogP contribution in [0.25, 0.3) is 0 Å². The molecule has 2 atom stereocenters. The van der Waals surface area contributed by atoms with Crippen molar-refractivity contribution in [3.05, 3.63) is 0 Å². The van der Waals surface area contributed by atoms with Gasteiger partial charge in [-0.15, -0.1) is 0 Å². The molecule has 0 heterocycles. The van der Waals surface area contributed by atoms with Gasteiger partial charge >= 0.3 is 20.0 Å². The Morgan fingerprint density at radius 3 is 1.83 bits per heavy atom. The number of rotatable bonds is 28. The lowest BCUT2D eigenvalue weighted by Gasteiger charge is -2.18. The summed E-state index contributed by atoms with van der Waals surface area (Å²) in [6, 6.07) is -0.829. The van der Waals surface area contributed by atoms with E-state index in [4.69, 9.17) is 32.9 Å². The average Bonchev–Trinajstić information content (AvgIpc) is 2.97. The maximum atomic E-state index is 12.8. The van der Waals surface area contributed by atoms with Gasteiger partial charge in [0.2, 0.25) is 5.91 Å². The molecule has 0 aliphatic rings. The largest absolute Gasteiger partial charge is 0.471 e. The van der Waals surface area contributed by atoms with Crippen molar-refractivity contribution in [3.63, 3.8) is 0 Å². The van der Waals surface area contributed by atoms with E-state index in [9.17, 15) is 23.8 Å². The van der Waals surface area contributed by atoms with E-state index in [1.165, 1.54) is 0 Å². The van der Waals surface area contributed by atoms with Gasteiger partial charge in [0.25, 0.3) is 0 Å². The highest BCUT2D eigenvalue weighted by atomic mass is 31.2. The quantitative estimate of drug-likeness (QED) is 0.0720. The van der Waals surface area contributed by atoms with Crippen molar-refractivity contribution in [2.24, 2.45) is 0 Å². The number of phosphoric ester groups is 1. The van der Waals surface area contributed by atoms with Crippen LogP contribution in [0.15, 0.2) is 0 Å². The summed E-state index contributed by atoms with van der Waals surface area (Å²) in [5, 5.41) is 8.03. The van der Waals surface area contributed by atoms with E-state index in [2.05, 4.69) is 20.5 Å². The van der Waals surface area contributed by atoms with Crippen LogP contribution < -0.4 is 16.0 Å². The number of phosphoric acid groups is 1. The van der Waals surface area contributed by atoms with Crippen molar-refractivity contribution < 1.29 is 61.3 Å². The standard InChI is InChI=1S/C25H50N3O13P/c1-34-14-16-37-18-20-39-24(30)27-12-8-6-10-22(28-25(31)40-21-19-38-17-15-35-2)23(29)26-11-7-4-5-9-13-41-42(32,33)36-3/h22H,4-21H2,1-3H3,(H,26,29)(H,27,30)(H,28,31)(H,32,33). The first-order chi connectivity index (χ1) is 20.3. The number of methoxy groups -OCH3 is 2. The molecule has 17 heteroatoms. The molecule has 0 radical (unpaired) electrons. The third-order valence-corrected chi connectivity index (χ3v) is 6.41. The summed E-state index contributed by atoms with van der Waals surface area (Å²) in [5.41, 5.74) is 0. The lowest BCUT2D eigenvalue weighted by molar-refractivity contribution is -0.123. The molecule has 2 unspecified atom stereocenters. The number of nitrogens with one attached hydrogen (secondary N) is 3. The molecule has 0 rings (SSSR count). The topological polar surface area (TPSA) is 198 Å². The molecule has 0 fully saturated rings. The fourth-order valence-electron chi connectivity index (χ4n) is 3.19. The van der Waals surface area contributed by atoms with E-state index in [1.54, 1.807) is 14.2 Å². The van der Waals surface area contributed by atoms with E-state index in [-0.39, 0.29) is 38.9 Å². The highest BCUT2D eigenvalue weighted by Crippen LogP contribution is 2.41. The Morgan fingerprint density at radius 1 is 0.667 bits per heavy atom. The first-order valence-electron chi connectivity index (χ1n) is 14.0. The number of carbonyl (C=O) groups is 3.